The lowest BCUT2D eigenvalue weighted by Crippen LogP contribution is -2.03. The SMILES string of the molecule is CCc1ccccc1CNc1ccc(C(=O)O)cc1. The van der Waals surface area contributed by atoms with Crippen LogP contribution in [0.3, 0.4) is 0 Å². The lowest BCUT2D eigenvalue weighted by molar-refractivity contribution is 0.0697. The maximum absolute atomic E-state index is 10.8. The van der Waals surface area contributed by atoms with E-state index < -0.39 is 5.97 Å². The number of hydrogen-bond donors (Lipinski definition) is 2. The molecule has 2 aromatic carbocycles. The average molecular weight is 255 g/mol. The number of benzene rings is 2. The standard InChI is InChI=1S/C16H17NO2/c1-2-12-5-3-4-6-14(12)11-17-15-9-7-13(8-10-15)16(18)19/h3-10,17H,2,11H2,1H3,(H,18,19). The molecule has 2 rings (SSSR count). The molecule has 0 bridgehead atoms. The van der Waals surface area contributed by atoms with E-state index in [4.69, 9.17) is 5.11 Å². The van der Waals surface area contributed by atoms with Crippen molar-refractivity contribution < 1.29 is 9.90 Å². The molecule has 0 heterocycles. The van der Waals surface area contributed by atoms with E-state index in [9.17, 15) is 4.79 Å². The van der Waals surface area contributed by atoms with Crippen molar-refractivity contribution in [3.05, 3.63) is 65.2 Å². The van der Waals surface area contributed by atoms with Gasteiger partial charge < -0.3 is 10.4 Å². The summed E-state index contributed by atoms with van der Waals surface area (Å²) < 4.78 is 0. The highest BCUT2D eigenvalue weighted by atomic mass is 16.4. The van der Waals surface area contributed by atoms with E-state index in [0.29, 0.717) is 5.56 Å². The molecule has 2 N–H and O–H groups in total. The van der Waals surface area contributed by atoms with E-state index in [-0.39, 0.29) is 0 Å². The third kappa shape index (κ3) is 3.35. The summed E-state index contributed by atoms with van der Waals surface area (Å²) in [5, 5.41) is 12.1. The molecule has 0 aliphatic carbocycles. The fraction of sp³-hybridized carbons (Fsp3) is 0.188. The summed E-state index contributed by atoms with van der Waals surface area (Å²) in [7, 11) is 0. The highest BCUT2D eigenvalue weighted by Crippen LogP contribution is 2.14. The normalized spacial score (nSPS) is 10.2. The second kappa shape index (κ2) is 6.05. The summed E-state index contributed by atoms with van der Waals surface area (Å²) in [6.45, 7) is 2.89. The van der Waals surface area contributed by atoms with Gasteiger partial charge in [0.1, 0.15) is 0 Å². The third-order valence-electron chi connectivity index (χ3n) is 3.11. The summed E-state index contributed by atoms with van der Waals surface area (Å²) in [5.41, 5.74) is 3.83. The largest absolute Gasteiger partial charge is 0.478 e. The molecular weight excluding hydrogens is 238 g/mol. The van der Waals surface area contributed by atoms with Gasteiger partial charge in [0.25, 0.3) is 0 Å². The van der Waals surface area contributed by atoms with Crippen LogP contribution < -0.4 is 5.32 Å². The summed E-state index contributed by atoms with van der Waals surface area (Å²) in [4.78, 5) is 10.8. The molecule has 2 aromatic rings. The Bertz CT molecular complexity index is 561. The predicted molar refractivity (Wildman–Crippen MR) is 76.5 cm³/mol. The van der Waals surface area contributed by atoms with Crippen molar-refractivity contribution in [3.8, 4) is 0 Å². The van der Waals surface area contributed by atoms with Crippen LogP contribution in [0, 0.1) is 0 Å². The van der Waals surface area contributed by atoms with Crippen molar-refractivity contribution in [2.75, 3.05) is 5.32 Å². The Balaban J connectivity index is 2.04. The lowest BCUT2D eigenvalue weighted by Gasteiger charge is -2.10. The molecule has 0 aliphatic rings. The van der Waals surface area contributed by atoms with Crippen LogP contribution >= 0.6 is 0 Å². The molecule has 0 atom stereocenters. The van der Waals surface area contributed by atoms with Gasteiger partial charge in [0, 0.05) is 12.2 Å². The molecule has 3 heteroatoms. The van der Waals surface area contributed by atoms with Crippen LogP contribution in [0.4, 0.5) is 5.69 Å². The Morgan fingerprint density at radius 3 is 2.26 bits per heavy atom. The van der Waals surface area contributed by atoms with Crippen molar-refractivity contribution in [1.29, 1.82) is 0 Å². The van der Waals surface area contributed by atoms with Gasteiger partial charge in [-0.25, -0.2) is 4.79 Å². The van der Waals surface area contributed by atoms with Gasteiger partial charge in [0.05, 0.1) is 5.56 Å². The Labute approximate surface area is 112 Å². The maximum atomic E-state index is 10.8. The number of carboxylic acids is 1. The zero-order chi connectivity index (χ0) is 13.7. The summed E-state index contributed by atoms with van der Waals surface area (Å²) in [5.74, 6) is -0.900. The third-order valence-corrected chi connectivity index (χ3v) is 3.11. The quantitative estimate of drug-likeness (QED) is 0.858. The lowest BCUT2D eigenvalue weighted by atomic mass is 10.1. The summed E-state index contributed by atoms with van der Waals surface area (Å²) in [6.07, 6.45) is 1.01. The van der Waals surface area contributed by atoms with Gasteiger partial charge in [-0.05, 0) is 41.8 Å². The van der Waals surface area contributed by atoms with Crippen LogP contribution in [0.15, 0.2) is 48.5 Å². The molecule has 98 valence electrons. The number of carbonyl (C=O) groups is 1. The average Bonchev–Trinajstić information content (AvgIpc) is 2.45. The molecule has 3 nitrogen and oxygen atoms in total. The van der Waals surface area contributed by atoms with E-state index in [1.807, 2.05) is 12.1 Å². The topological polar surface area (TPSA) is 49.3 Å². The van der Waals surface area contributed by atoms with Crippen LogP contribution in [0.1, 0.15) is 28.4 Å². The first-order chi connectivity index (χ1) is 9.20. The van der Waals surface area contributed by atoms with Crippen LogP contribution in [0.5, 0.6) is 0 Å². The number of carboxylic acid groups (broad SMARTS) is 1. The minimum Gasteiger partial charge on any atom is -0.478 e. The minimum absolute atomic E-state index is 0.305. The van der Waals surface area contributed by atoms with E-state index in [2.05, 4.69) is 24.4 Å². The van der Waals surface area contributed by atoms with Crippen LogP contribution in [0.25, 0.3) is 0 Å². The Kier molecular flexibility index (Phi) is 4.18. The zero-order valence-corrected chi connectivity index (χ0v) is 10.9. The molecule has 0 amide bonds. The molecule has 19 heavy (non-hydrogen) atoms. The maximum Gasteiger partial charge on any atom is 0.335 e. The number of rotatable bonds is 5. The predicted octanol–water partition coefficient (Wildman–Crippen LogP) is 3.56. The minimum atomic E-state index is -0.900. The smallest absolute Gasteiger partial charge is 0.335 e. The number of anilines is 1. The highest BCUT2D eigenvalue weighted by Gasteiger charge is 2.02. The number of aryl methyl sites for hydroxylation is 1. The molecule has 0 saturated heterocycles. The second-order valence-electron chi connectivity index (χ2n) is 4.36. The molecule has 0 aromatic heterocycles. The molecule has 0 unspecified atom stereocenters. The van der Waals surface area contributed by atoms with E-state index in [0.717, 1.165) is 18.7 Å². The van der Waals surface area contributed by atoms with Gasteiger partial charge in [-0.1, -0.05) is 31.2 Å². The van der Waals surface area contributed by atoms with Crippen molar-refractivity contribution in [2.45, 2.75) is 19.9 Å². The first kappa shape index (κ1) is 13.1. The van der Waals surface area contributed by atoms with Crippen molar-refractivity contribution in [3.63, 3.8) is 0 Å². The molecular formula is C16H17NO2. The summed E-state index contributed by atoms with van der Waals surface area (Å²) >= 11 is 0. The van der Waals surface area contributed by atoms with E-state index >= 15 is 0 Å². The Morgan fingerprint density at radius 2 is 1.68 bits per heavy atom. The number of aromatic carboxylic acids is 1. The molecule has 0 fully saturated rings. The fourth-order valence-electron chi connectivity index (χ4n) is 2.00. The van der Waals surface area contributed by atoms with Gasteiger partial charge in [-0.2, -0.15) is 0 Å². The second-order valence-corrected chi connectivity index (χ2v) is 4.36. The molecule has 0 aliphatic heterocycles. The molecule has 0 radical (unpaired) electrons. The Morgan fingerprint density at radius 1 is 1.05 bits per heavy atom. The van der Waals surface area contributed by atoms with Gasteiger partial charge >= 0.3 is 5.97 Å². The van der Waals surface area contributed by atoms with Gasteiger partial charge in [0.2, 0.25) is 0 Å². The van der Waals surface area contributed by atoms with Crippen molar-refractivity contribution in [2.24, 2.45) is 0 Å². The molecule has 0 spiro atoms. The van der Waals surface area contributed by atoms with Gasteiger partial charge in [0.15, 0.2) is 0 Å². The van der Waals surface area contributed by atoms with Crippen molar-refractivity contribution >= 4 is 11.7 Å². The van der Waals surface area contributed by atoms with Crippen LogP contribution in [0.2, 0.25) is 0 Å². The number of nitrogens with one attached hydrogen (secondary N) is 1. The monoisotopic (exact) mass is 255 g/mol. The first-order valence-corrected chi connectivity index (χ1v) is 6.34. The van der Waals surface area contributed by atoms with Crippen LogP contribution in [-0.2, 0) is 13.0 Å². The van der Waals surface area contributed by atoms with Gasteiger partial charge in [-0.15, -0.1) is 0 Å². The van der Waals surface area contributed by atoms with Crippen molar-refractivity contribution in [1.82, 2.24) is 0 Å². The number of hydrogen-bond acceptors (Lipinski definition) is 2. The fourth-order valence-corrected chi connectivity index (χ4v) is 2.00. The Hall–Kier alpha value is -2.29. The zero-order valence-electron chi connectivity index (χ0n) is 10.9. The highest BCUT2D eigenvalue weighted by molar-refractivity contribution is 5.87. The van der Waals surface area contributed by atoms with Crippen LogP contribution in [-0.4, -0.2) is 11.1 Å². The van der Waals surface area contributed by atoms with E-state index in [1.54, 1.807) is 24.3 Å². The summed E-state index contributed by atoms with van der Waals surface area (Å²) in [6, 6.07) is 15.1. The first-order valence-electron chi connectivity index (χ1n) is 6.34. The van der Waals surface area contributed by atoms with E-state index in [1.165, 1.54) is 11.1 Å². The molecule has 0 saturated carbocycles. The van der Waals surface area contributed by atoms with Gasteiger partial charge in [-0.3, -0.25) is 0 Å².